The van der Waals surface area contributed by atoms with E-state index in [1.807, 2.05) is 0 Å². The lowest BCUT2D eigenvalue weighted by molar-refractivity contribution is 0.221. The first-order valence-corrected chi connectivity index (χ1v) is 6.12. The number of nitrogens with zero attached hydrogens (tertiary/aromatic N) is 1. The molecule has 1 aromatic carbocycles. The van der Waals surface area contributed by atoms with Gasteiger partial charge in [-0.3, -0.25) is 0 Å². The molecule has 1 aromatic rings. The van der Waals surface area contributed by atoms with Crippen LogP contribution >= 0.6 is 0 Å². The normalized spacial score (nSPS) is 10.2. The van der Waals surface area contributed by atoms with E-state index in [9.17, 15) is 9.18 Å². The van der Waals surface area contributed by atoms with E-state index >= 15 is 0 Å². The molecule has 18 heavy (non-hydrogen) atoms. The van der Waals surface area contributed by atoms with Gasteiger partial charge in [0.25, 0.3) is 0 Å². The molecule has 100 valence electrons. The highest BCUT2D eigenvalue weighted by Crippen LogP contribution is 2.12. The quantitative estimate of drug-likeness (QED) is 0.765. The zero-order valence-corrected chi connectivity index (χ0v) is 10.7. The average molecular weight is 253 g/mol. The molecule has 0 saturated heterocycles. The average Bonchev–Trinajstić information content (AvgIpc) is 2.37. The highest BCUT2D eigenvalue weighted by Gasteiger charge is 2.10. The maximum Gasteiger partial charge on any atom is 0.321 e. The van der Waals surface area contributed by atoms with Crippen LogP contribution in [0.2, 0.25) is 0 Å². The van der Waals surface area contributed by atoms with Crippen molar-refractivity contribution in [3.8, 4) is 0 Å². The molecule has 0 fully saturated rings. The first-order chi connectivity index (χ1) is 8.65. The van der Waals surface area contributed by atoms with Crippen molar-refractivity contribution in [2.24, 2.45) is 5.73 Å². The second-order valence-electron chi connectivity index (χ2n) is 4.18. The minimum absolute atomic E-state index is 0.205. The topological polar surface area (TPSA) is 58.4 Å². The number of carbonyl (C=O) groups excluding carboxylic acids is 1. The van der Waals surface area contributed by atoms with Crippen LogP contribution in [0.5, 0.6) is 0 Å². The third-order valence-electron chi connectivity index (χ3n) is 2.66. The van der Waals surface area contributed by atoms with E-state index in [4.69, 9.17) is 5.73 Å². The third-order valence-corrected chi connectivity index (χ3v) is 2.66. The van der Waals surface area contributed by atoms with Crippen molar-refractivity contribution in [2.75, 3.05) is 25.5 Å². The van der Waals surface area contributed by atoms with E-state index in [2.05, 4.69) is 5.32 Å². The fourth-order valence-corrected chi connectivity index (χ4v) is 1.54. The number of nitrogens with two attached hydrogens (primary N) is 1. The molecule has 4 nitrogen and oxygen atoms in total. The lowest BCUT2D eigenvalue weighted by Gasteiger charge is -2.18. The first-order valence-electron chi connectivity index (χ1n) is 6.12. The number of nitrogens with one attached hydrogen (secondary N) is 1. The van der Waals surface area contributed by atoms with Gasteiger partial charge in [0.05, 0.1) is 5.69 Å². The Morgan fingerprint density at radius 2 is 2.06 bits per heavy atom. The standard InChI is InChI=1S/C13H20FN3O/c1-17(10-6-2-5-9-15)13(18)16-12-8-4-3-7-11(12)14/h3-4,7-8H,2,5-6,9-10,15H2,1H3,(H,16,18). The van der Waals surface area contributed by atoms with E-state index in [1.54, 1.807) is 24.1 Å². The predicted octanol–water partition coefficient (Wildman–Crippen LogP) is 2.42. The SMILES string of the molecule is CN(CCCCCN)C(=O)Nc1ccccc1F. The number of urea groups is 1. The summed E-state index contributed by atoms with van der Waals surface area (Å²) >= 11 is 0. The number of unbranched alkanes of at least 4 members (excludes halogenated alkanes) is 2. The molecule has 0 unspecified atom stereocenters. The van der Waals surface area contributed by atoms with Crippen molar-refractivity contribution in [1.29, 1.82) is 0 Å². The largest absolute Gasteiger partial charge is 0.330 e. The van der Waals surface area contributed by atoms with Crippen LogP contribution in [0, 0.1) is 5.82 Å². The van der Waals surface area contributed by atoms with Gasteiger partial charge in [0.1, 0.15) is 5.82 Å². The van der Waals surface area contributed by atoms with Gasteiger partial charge in [0.2, 0.25) is 0 Å². The van der Waals surface area contributed by atoms with Gasteiger partial charge in [-0.1, -0.05) is 18.6 Å². The molecule has 0 aromatic heterocycles. The molecule has 0 spiro atoms. The summed E-state index contributed by atoms with van der Waals surface area (Å²) in [5, 5.41) is 2.54. The number of carbonyl (C=O) groups is 1. The second-order valence-corrected chi connectivity index (χ2v) is 4.18. The van der Waals surface area contributed by atoms with Gasteiger partial charge in [0.15, 0.2) is 0 Å². The zero-order valence-electron chi connectivity index (χ0n) is 10.7. The summed E-state index contributed by atoms with van der Waals surface area (Å²) in [4.78, 5) is 13.3. The minimum atomic E-state index is -0.428. The van der Waals surface area contributed by atoms with Crippen molar-refractivity contribution in [2.45, 2.75) is 19.3 Å². The van der Waals surface area contributed by atoms with Crippen LogP contribution in [-0.2, 0) is 0 Å². The molecule has 0 aliphatic heterocycles. The second kappa shape index (κ2) is 7.66. The summed E-state index contributed by atoms with van der Waals surface area (Å²) in [5.41, 5.74) is 5.59. The highest BCUT2D eigenvalue weighted by molar-refractivity contribution is 5.89. The number of amides is 2. The fourth-order valence-electron chi connectivity index (χ4n) is 1.54. The van der Waals surface area contributed by atoms with Crippen LogP contribution in [-0.4, -0.2) is 31.1 Å². The third kappa shape index (κ3) is 4.71. The summed E-state index contributed by atoms with van der Waals surface area (Å²) in [5.74, 6) is -0.428. The van der Waals surface area contributed by atoms with E-state index in [-0.39, 0.29) is 11.7 Å². The van der Waals surface area contributed by atoms with Crippen molar-refractivity contribution < 1.29 is 9.18 Å². The maximum atomic E-state index is 13.3. The molecule has 2 amide bonds. The van der Waals surface area contributed by atoms with Crippen molar-refractivity contribution in [3.05, 3.63) is 30.1 Å². The van der Waals surface area contributed by atoms with Crippen LogP contribution in [0.4, 0.5) is 14.9 Å². The van der Waals surface area contributed by atoms with E-state index < -0.39 is 5.82 Å². The van der Waals surface area contributed by atoms with Crippen LogP contribution in [0.3, 0.4) is 0 Å². The summed E-state index contributed by atoms with van der Waals surface area (Å²) in [6.45, 7) is 1.31. The molecule has 0 heterocycles. The molecular weight excluding hydrogens is 233 g/mol. The lowest BCUT2D eigenvalue weighted by atomic mass is 10.2. The number of para-hydroxylation sites is 1. The molecule has 0 aliphatic rings. The van der Waals surface area contributed by atoms with Gasteiger partial charge >= 0.3 is 6.03 Å². The molecular formula is C13H20FN3O. The molecule has 0 atom stereocenters. The molecule has 5 heteroatoms. The minimum Gasteiger partial charge on any atom is -0.330 e. The van der Waals surface area contributed by atoms with E-state index in [0.717, 1.165) is 19.3 Å². The summed E-state index contributed by atoms with van der Waals surface area (Å²) in [6, 6.07) is 5.82. The summed E-state index contributed by atoms with van der Waals surface area (Å²) < 4.78 is 13.3. The maximum absolute atomic E-state index is 13.3. The van der Waals surface area contributed by atoms with Crippen molar-refractivity contribution >= 4 is 11.7 Å². The van der Waals surface area contributed by atoms with E-state index in [0.29, 0.717) is 13.1 Å². The summed E-state index contributed by atoms with van der Waals surface area (Å²) in [6.07, 6.45) is 2.86. The smallest absolute Gasteiger partial charge is 0.321 e. The number of halogens is 1. The Labute approximate surface area is 107 Å². The number of hydrogen-bond acceptors (Lipinski definition) is 2. The monoisotopic (exact) mass is 253 g/mol. The Bertz CT molecular complexity index is 384. The van der Waals surface area contributed by atoms with Crippen LogP contribution in [0.25, 0.3) is 0 Å². The Balaban J connectivity index is 2.38. The van der Waals surface area contributed by atoms with Crippen LogP contribution in [0.1, 0.15) is 19.3 Å². The lowest BCUT2D eigenvalue weighted by Crippen LogP contribution is -2.32. The molecule has 3 N–H and O–H groups in total. The number of rotatable bonds is 6. The zero-order chi connectivity index (χ0) is 13.4. The van der Waals surface area contributed by atoms with Gasteiger partial charge in [-0.2, -0.15) is 0 Å². The first kappa shape index (κ1) is 14.4. The van der Waals surface area contributed by atoms with Crippen LogP contribution in [0.15, 0.2) is 24.3 Å². The van der Waals surface area contributed by atoms with Gasteiger partial charge in [-0.15, -0.1) is 0 Å². The van der Waals surface area contributed by atoms with E-state index in [1.165, 1.54) is 12.1 Å². The van der Waals surface area contributed by atoms with Gasteiger partial charge < -0.3 is 16.0 Å². The number of anilines is 1. The molecule has 0 bridgehead atoms. The summed E-state index contributed by atoms with van der Waals surface area (Å²) in [7, 11) is 1.69. The molecule has 0 radical (unpaired) electrons. The Kier molecular flexibility index (Phi) is 6.14. The number of hydrogen-bond donors (Lipinski definition) is 2. The van der Waals surface area contributed by atoms with Gasteiger partial charge in [-0.25, -0.2) is 9.18 Å². The Hall–Kier alpha value is -1.62. The highest BCUT2D eigenvalue weighted by atomic mass is 19.1. The van der Waals surface area contributed by atoms with Crippen LogP contribution < -0.4 is 11.1 Å². The van der Waals surface area contributed by atoms with Gasteiger partial charge in [0, 0.05) is 13.6 Å². The predicted molar refractivity (Wildman–Crippen MR) is 71.0 cm³/mol. The fraction of sp³-hybridized carbons (Fsp3) is 0.462. The molecule has 1 rings (SSSR count). The molecule has 0 aliphatic carbocycles. The molecule has 0 saturated carbocycles. The number of benzene rings is 1. The Morgan fingerprint density at radius 1 is 1.33 bits per heavy atom. The van der Waals surface area contributed by atoms with Crippen molar-refractivity contribution in [3.63, 3.8) is 0 Å². The Morgan fingerprint density at radius 3 is 2.72 bits per heavy atom. The van der Waals surface area contributed by atoms with Crippen molar-refractivity contribution in [1.82, 2.24) is 4.90 Å². The van der Waals surface area contributed by atoms with Gasteiger partial charge in [-0.05, 0) is 31.5 Å².